The van der Waals surface area contributed by atoms with Crippen molar-refractivity contribution >= 4 is 111 Å². The molecule has 0 aliphatic rings. The van der Waals surface area contributed by atoms with Crippen LogP contribution < -0.4 is 69.5 Å². The van der Waals surface area contributed by atoms with Crippen LogP contribution in [0.5, 0.6) is 0 Å². The molecule has 0 bridgehead atoms. The van der Waals surface area contributed by atoms with Crippen molar-refractivity contribution in [2.75, 3.05) is 97.1 Å². The molecule has 0 atom stereocenters. The summed E-state index contributed by atoms with van der Waals surface area (Å²) < 4.78 is 10.1. The van der Waals surface area contributed by atoms with Crippen LogP contribution in [0.15, 0.2) is 61.6 Å². The van der Waals surface area contributed by atoms with E-state index in [1.165, 1.54) is 87.3 Å². The van der Waals surface area contributed by atoms with Crippen molar-refractivity contribution in [1.82, 2.24) is 83.4 Å². The maximum absolute atomic E-state index is 13.4. The third kappa shape index (κ3) is 20.4. The van der Waals surface area contributed by atoms with Gasteiger partial charge < -0.3 is 106 Å². The van der Waals surface area contributed by atoms with E-state index in [2.05, 4.69) is 83.7 Å². The van der Waals surface area contributed by atoms with Gasteiger partial charge in [0.15, 0.2) is 23.3 Å². The zero-order valence-electron chi connectivity index (χ0n) is 54.5. The molecular weight excluding hydrogens is 1250 g/mol. The highest BCUT2D eigenvalue weighted by molar-refractivity contribution is 6.08. The van der Waals surface area contributed by atoms with Crippen molar-refractivity contribution in [2.45, 2.75) is 44.9 Å². The molecule has 14 N–H and O–H groups in total. The number of hydrogen-bond acceptors (Lipinski definition) is 18. The Labute approximate surface area is 549 Å². The Morgan fingerprint density at radius 2 is 0.667 bits per heavy atom. The van der Waals surface area contributed by atoms with Gasteiger partial charge in [-0.05, 0) is 51.7 Å². The number of aromatic nitrogens is 11. The summed E-state index contributed by atoms with van der Waals surface area (Å²) in [5.41, 5.74) is 6.73. The number of carbonyl (C=O) groups is 12. The van der Waals surface area contributed by atoms with E-state index in [0.29, 0.717) is 12.2 Å². The number of hydrogen-bond donors (Lipinski definition) is 13. The van der Waals surface area contributed by atoms with Crippen molar-refractivity contribution in [3.05, 3.63) is 102 Å². The lowest BCUT2D eigenvalue weighted by Gasteiger charge is -2.10. The molecule has 7 heterocycles. The molecular formula is C59H79N25O12. The van der Waals surface area contributed by atoms with Gasteiger partial charge in [-0.1, -0.05) is 0 Å². The van der Waals surface area contributed by atoms with E-state index in [1.807, 2.05) is 19.0 Å². The van der Waals surface area contributed by atoms with Gasteiger partial charge in [0.1, 0.15) is 17.1 Å². The Morgan fingerprint density at radius 3 is 1.08 bits per heavy atom. The molecule has 0 saturated carbocycles. The van der Waals surface area contributed by atoms with Gasteiger partial charge in [-0.25, -0.2) is 19.9 Å². The standard InChI is InChI=1S/C59H79N25O12/c1-77(2)23-11-19-61-45(86)14-21-64-54(91)38-25-35(28-79(38)4)66-57(94)50-74-42(32-83(50)8)71-48(89)16-22-65-56(93)49-72-40(30-81(49)6)69-46(87)12-10-18-63-53(90)37-24-34(27-78(37)3)67-59(96)52-75-43(33-84(52)9)76-55(92)39-26-36(29-80(39)5)68-58(95)51-73-41(31-82(51)7)70-47(88)15-20-62-44(85)13-17-60/h24-33H,10-23,60H2,1-9H3,(H,61,86)(H,62,85)(H,63,90)(H,64,91)(H,65,93)(H,66,94)(H,67,96)(H,68,95)(H,69,87)(H,70,88)(H,71,89)(H,76,92). The molecule has 0 radical (unpaired) electrons. The van der Waals surface area contributed by atoms with Gasteiger partial charge in [0.05, 0.1) is 17.1 Å². The zero-order valence-corrected chi connectivity index (χ0v) is 54.5. The minimum Gasteiger partial charge on any atom is -0.356 e. The second-order valence-corrected chi connectivity index (χ2v) is 22.4. The predicted octanol–water partition coefficient (Wildman–Crippen LogP) is -0.466. The van der Waals surface area contributed by atoms with Crippen LogP contribution >= 0.6 is 0 Å². The lowest BCUT2D eigenvalue weighted by Crippen LogP contribution is -2.32. The van der Waals surface area contributed by atoms with Crippen molar-refractivity contribution < 1.29 is 57.5 Å². The fourth-order valence-corrected chi connectivity index (χ4v) is 9.42. The molecule has 0 aliphatic heterocycles. The summed E-state index contributed by atoms with van der Waals surface area (Å²) in [5, 5.41) is 32.0. The molecule has 0 fully saturated rings. The number of nitrogens with one attached hydrogen (secondary N) is 12. The van der Waals surface area contributed by atoms with Gasteiger partial charge in [0.25, 0.3) is 41.4 Å². The fraction of sp³-hybridized carbons (Fsp3) is 0.390. The third-order valence-corrected chi connectivity index (χ3v) is 14.1. The highest BCUT2D eigenvalue weighted by atomic mass is 16.2. The summed E-state index contributed by atoms with van der Waals surface area (Å²) in [5.74, 6) is -5.88. The molecule has 0 aromatic carbocycles. The number of rotatable bonds is 33. The Kier molecular flexibility index (Phi) is 24.8. The molecule has 0 saturated heterocycles. The molecule has 96 heavy (non-hydrogen) atoms. The normalized spacial score (nSPS) is 10.9. The van der Waals surface area contributed by atoms with Gasteiger partial charge in [-0.2, -0.15) is 0 Å². The smallest absolute Gasteiger partial charge is 0.291 e. The Balaban J connectivity index is 0.782. The average Bonchev–Trinajstić information content (AvgIpc) is 1.70. The van der Waals surface area contributed by atoms with Gasteiger partial charge in [0, 0.05) is 164 Å². The van der Waals surface area contributed by atoms with Crippen molar-refractivity contribution in [2.24, 2.45) is 55.1 Å². The second kappa shape index (κ2) is 33.2. The maximum Gasteiger partial charge on any atom is 0.291 e. The van der Waals surface area contributed by atoms with Crippen LogP contribution in [0.4, 0.5) is 40.3 Å². The van der Waals surface area contributed by atoms with Crippen LogP contribution in [-0.2, 0) is 73.3 Å². The molecule has 512 valence electrons. The topological polar surface area (TPSA) is 465 Å². The van der Waals surface area contributed by atoms with Gasteiger partial charge in [0.2, 0.25) is 52.8 Å². The summed E-state index contributed by atoms with van der Waals surface area (Å²) in [7, 11) is 14.9. The lowest BCUT2D eigenvalue weighted by molar-refractivity contribution is -0.122. The lowest BCUT2D eigenvalue weighted by atomic mass is 10.3. The highest BCUT2D eigenvalue weighted by Gasteiger charge is 2.24. The molecule has 37 nitrogen and oxygen atoms in total. The molecule has 37 heteroatoms. The quantitative estimate of drug-likeness (QED) is 0.0231. The number of nitrogens with zero attached hydrogens (tertiary/aromatic N) is 12. The van der Waals surface area contributed by atoms with E-state index in [0.717, 1.165) is 13.0 Å². The summed E-state index contributed by atoms with van der Waals surface area (Å²) in [6, 6.07) is 4.34. The van der Waals surface area contributed by atoms with Gasteiger partial charge >= 0.3 is 0 Å². The minimum atomic E-state index is -0.659. The van der Waals surface area contributed by atoms with Crippen LogP contribution in [-0.4, -0.2) is 188 Å². The highest BCUT2D eigenvalue weighted by Crippen LogP contribution is 2.21. The summed E-state index contributed by atoms with van der Waals surface area (Å²) in [4.78, 5) is 173. The SMILES string of the molecule is CN(C)CCCNC(=O)CCNC(=O)c1cc(NC(=O)c2nc(NC(=O)CCNC(=O)c3nc(NC(=O)CCCNC(=O)c4cc(NC(=O)c5nc(NC(=O)c6cc(NC(=O)c7nc(NC(=O)CCNC(=O)CCN)cn7C)cn6C)cn5C)cn4C)cn3C)cn2C)cn1C. The third-order valence-electron chi connectivity index (χ3n) is 14.1. The molecule has 0 unspecified atom stereocenters. The van der Waals surface area contributed by atoms with Gasteiger partial charge in [-0.3, -0.25) is 57.5 Å². The van der Waals surface area contributed by atoms with Crippen molar-refractivity contribution in [1.29, 1.82) is 0 Å². The fourth-order valence-electron chi connectivity index (χ4n) is 9.42. The molecule has 0 spiro atoms. The second-order valence-electron chi connectivity index (χ2n) is 22.4. The van der Waals surface area contributed by atoms with E-state index in [1.54, 1.807) is 55.5 Å². The number of aryl methyl sites for hydroxylation is 7. The largest absolute Gasteiger partial charge is 0.356 e. The Morgan fingerprint density at radius 1 is 0.344 bits per heavy atom. The molecule has 7 aromatic rings. The number of nitrogens with two attached hydrogens (primary N) is 1. The predicted molar refractivity (Wildman–Crippen MR) is 350 cm³/mol. The molecule has 7 aromatic heterocycles. The van der Waals surface area contributed by atoms with Crippen LogP contribution in [0.2, 0.25) is 0 Å². The average molecular weight is 1330 g/mol. The summed E-state index contributed by atoms with van der Waals surface area (Å²) in [6.07, 6.45) is 11.3. The van der Waals surface area contributed by atoms with E-state index >= 15 is 0 Å². The Hall–Kier alpha value is -11.8. The Bertz CT molecular complexity index is 4060. The maximum atomic E-state index is 13.4. The zero-order chi connectivity index (χ0) is 69.9. The molecule has 12 amide bonds. The van der Waals surface area contributed by atoms with Crippen LogP contribution in [0, 0.1) is 0 Å². The first-order chi connectivity index (χ1) is 45.6. The van der Waals surface area contributed by atoms with Crippen LogP contribution in [0.25, 0.3) is 0 Å². The number of carbonyl (C=O) groups excluding carboxylic acids is 12. The molecule has 0 aliphatic carbocycles. The van der Waals surface area contributed by atoms with E-state index in [4.69, 9.17) is 5.73 Å². The summed E-state index contributed by atoms with van der Waals surface area (Å²) in [6.45, 7) is 1.76. The van der Waals surface area contributed by atoms with E-state index < -0.39 is 59.1 Å². The van der Waals surface area contributed by atoms with E-state index in [9.17, 15) is 57.5 Å². The van der Waals surface area contributed by atoms with Crippen molar-refractivity contribution in [3.63, 3.8) is 0 Å². The van der Waals surface area contributed by atoms with Crippen molar-refractivity contribution in [3.8, 4) is 0 Å². The number of anilines is 7. The molecule has 7 rings (SSSR count). The first-order valence-corrected chi connectivity index (χ1v) is 30.1. The first kappa shape index (κ1) is 71.7. The summed E-state index contributed by atoms with van der Waals surface area (Å²) >= 11 is 0. The minimum absolute atomic E-state index is 0.0296. The first-order valence-electron chi connectivity index (χ1n) is 30.1. The number of amides is 12. The monoisotopic (exact) mass is 1330 g/mol. The van der Waals surface area contributed by atoms with E-state index in [-0.39, 0.29) is 158 Å². The van der Waals surface area contributed by atoms with Crippen LogP contribution in [0.1, 0.15) is 119 Å². The van der Waals surface area contributed by atoms with Gasteiger partial charge in [-0.15, -0.1) is 0 Å². The number of imidazole rings is 4. The van der Waals surface area contributed by atoms with Crippen LogP contribution in [0.3, 0.4) is 0 Å².